The van der Waals surface area contributed by atoms with E-state index >= 15 is 0 Å². The van der Waals surface area contributed by atoms with E-state index in [1.54, 1.807) is 4.90 Å². The summed E-state index contributed by atoms with van der Waals surface area (Å²) in [6.07, 6.45) is 3.89. The number of amides is 3. The largest absolute Gasteiger partial charge is 0.353 e. The first kappa shape index (κ1) is 18.8. The van der Waals surface area contributed by atoms with Gasteiger partial charge in [-0.2, -0.15) is 0 Å². The van der Waals surface area contributed by atoms with Crippen LogP contribution < -0.4 is 10.6 Å². The molecule has 0 spiro atoms. The lowest BCUT2D eigenvalue weighted by Gasteiger charge is -2.33. The van der Waals surface area contributed by atoms with Crippen molar-refractivity contribution in [3.05, 3.63) is 0 Å². The summed E-state index contributed by atoms with van der Waals surface area (Å²) in [6.45, 7) is 11.6. The second-order valence-electron chi connectivity index (χ2n) is 7.27. The Morgan fingerprint density at radius 3 is 2.36 bits per heavy atom. The van der Waals surface area contributed by atoms with Crippen LogP contribution in [0.3, 0.4) is 0 Å². The van der Waals surface area contributed by atoms with Gasteiger partial charge in [0.15, 0.2) is 0 Å². The average Bonchev–Trinajstić information content (AvgIpc) is 2.44. The number of likely N-dealkylation sites (tertiary alicyclic amines) is 1. The molecule has 0 saturated carbocycles. The predicted octanol–water partition coefficient (Wildman–Crippen LogP) is 2.76. The van der Waals surface area contributed by atoms with Crippen LogP contribution in [0.1, 0.15) is 60.3 Å². The molecule has 0 aromatic heterocycles. The van der Waals surface area contributed by atoms with Crippen molar-refractivity contribution in [2.24, 2.45) is 11.8 Å². The summed E-state index contributed by atoms with van der Waals surface area (Å²) in [5.74, 6) is 0.677. The van der Waals surface area contributed by atoms with Crippen LogP contribution in [0.5, 0.6) is 0 Å². The molecule has 0 unspecified atom stereocenters. The van der Waals surface area contributed by atoms with Crippen molar-refractivity contribution in [3.63, 3.8) is 0 Å². The van der Waals surface area contributed by atoms with Crippen LogP contribution in [0.25, 0.3) is 0 Å². The monoisotopic (exact) mass is 311 g/mol. The zero-order valence-electron chi connectivity index (χ0n) is 14.8. The second-order valence-corrected chi connectivity index (χ2v) is 7.27. The van der Waals surface area contributed by atoms with Gasteiger partial charge in [0.1, 0.15) is 0 Å². The lowest BCUT2D eigenvalue weighted by atomic mass is 9.96. The highest BCUT2D eigenvalue weighted by Crippen LogP contribution is 2.17. The van der Waals surface area contributed by atoms with Crippen LogP contribution in [0, 0.1) is 11.8 Å². The Labute approximate surface area is 135 Å². The third kappa shape index (κ3) is 6.67. The minimum absolute atomic E-state index is 0.0552. The number of piperidine rings is 1. The van der Waals surface area contributed by atoms with Gasteiger partial charge < -0.3 is 15.5 Å². The van der Waals surface area contributed by atoms with Crippen molar-refractivity contribution in [1.82, 2.24) is 15.5 Å². The molecule has 1 aliphatic rings. The van der Waals surface area contributed by atoms with Gasteiger partial charge in [-0.05, 0) is 52.4 Å². The van der Waals surface area contributed by atoms with Crippen LogP contribution >= 0.6 is 0 Å². The third-order valence-corrected chi connectivity index (χ3v) is 4.06. The van der Waals surface area contributed by atoms with Crippen molar-refractivity contribution < 1.29 is 9.59 Å². The molecular formula is C17H33N3O2. The number of urea groups is 1. The number of carbonyl (C=O) groups is 2. The average molecular weight is 311 g/mol. The van der Waals surface area contributed by atoms with Gasteiger partial charge in [-0.15, -0.1) is 0 Å². The summed E-state index contributed by atoms with van der Waals surface area (Å²) < 4.78 is 0. The summed E-state index contributed by atoms with van der Waals surface area (Å²) >= 11 is 0. The van der Waals surface area contributed by atoms with E-state index < -0.39 is 0 Å². The Balaban J connectivity index is 2.43. The molecule has 1 fully saturated rings. The summed E-state index contributed by atoms with van der Waals surface area (Å²) in [5.41, 5.74) is 0. The first-order valence-electron chi connectivity index (χ1n) is 8.65. The molecule has 2 atom stereocenters. The third-order valence-electron chi connectivity index (χ3n) is 4.06. The molecule has 0 bridgehead atoms. The molecule has 3 amide bonds. The Kier molecular flexibility index (Phi) is 7.69. The zero-order chi connectivity index (χ0) is 16.7. The Hall–Kier alpha value is -1.26. The maximum atomic E-state index is 12.4. The molecule has 0 aromatic carbocycles. The standard InChI is InChI=1S/C17H33N3O2/c1-12(2)8-9-14(5)19-16(21)15-7-6-10-20(11-15)17(22)18-13(3)4/h12-15H,6-11H2,1-5H3,(H,18,22)(H,19,21)/t14-,15-/m1/s1. The molecule has 0 aliphatic carbocycles. The van der Waals surface area contributed by atoms with Crippen LogP contribution in [-0.2, 0) is 4.79 Å². The molecule has 1 aliphatic heterocycles. The maximum absolute atomic E-state index is 12.4. The first-order valence-corrected chi connectivity index (χ1v) is 8.65. The van der Waals surface area contributed by atoms with Gasteiger partial charge in [0.05, 0.1) is 5.92 Å². The highest BCUT2D eigenvalue weighted by molar-refractivity contribution is 5.81. The van der Waals surface area contributed by atoms with Gasteiger partial charge in [-0.1, -0.05) is 13.8 Å². The molecule has 128 valence electrons. The summed E-state index contributed by atoms with van der Waals surface area (Å²) in [7, 11) is 0. The molecule has 1 saturated heterocycles. The smallest absolute Gasteiger partial charge is 0.317 e. The van der Waals surface area contributed by atoms with Gasteiger partial charge in [0.2, 0.25) is 5.91 Å². The topological polar surface area (TPSA) is 61.4 Å². The van der Waals surface area contributed by atoms with E-state index in [0.29, 0.717) is 12.5 Å². The molecule has 0 aromatic rings. The molecule has 5 nitrogen and oxygen atoms in total. The Morgan fingerprint density at radius 1 is 1.09 bits per heavy atom. The predicted molar refractivity (Wildman–Crippen MR) is 89.6 cm³/mol. The lowest BCUT2D eigenvalue weighted by Crippen LogP contribution is -2.51. The Bertz CT molecular complexity index is 369. The zero-order valence-corrected chi connectivity index (χ0v) is 14.8. The van der Waals surface area contributed by atoms with Crippen molar-refractivity contribution in [1.29, 1.82) is 0 Å². The molecular weight excluding hydrogens is 278 g/mol. The van der Waals surface area contributed by atoms with Crippen LogP contribution in [0.15, 0.2) is 0 Å². The van der Waals surface area contributed by atoms with Crippen LogP contribution in [0.2, 0.25) is 0 Å². The van der Waals surface area contributed by atoms with Crippen molar-refractivity contribution in [2.45, 2.75) is 72.4 Å². The molecule has 5 heteroatoms. The van der Waals surface area contributed by atoms with Gasteiger partial charge in [-0.25, -0.2) is 4.79 Å². The summed E-state index contributed by atoms with van der Waals surface area (Å²) in [4.78, 5) is 26.2. The van der Waals surface area contributed by atoms with Crippen molar-refractivity contribution in [2.75, 3.05) is 13.1 Å². The van der Waals surface area contributed by atoms with Crippen molar-refractivity contribution in [3.8, 4) is 0 Å². The van der Waals surface area contributed by atoms with Gasteiger partial charge in [-0.3, -0.25) is 4.79 Å². The van der Waals surface area contributed by atoms with E-state index in [1.807, 2.05) is 13.8 Å². The number of rotatable bonds is 6. The quantitative estimate of drug-likeness (QED) is 0.792. The summed E-state index contributed by atoms with van der Waals surface area (Å²) in [5, 5.41) is 6.01. The molecule has 1 rings (SSSR count). The highest BCUT2D eigenvalue weighted by atomic mass is 16.2. The van der Waals surface area contributed by atoms with Crippen molar-refractivity contribution >= 4 is 11.9 Å². The number of hydrogen-bond acceptors (Lipinski definition) is 2. The maximum Gasteiger partial charge on any atom is 0.317 e. The van der Waals surface area contributed by atoms with Gasteiger partial charge >= 0.3 is 6.03 Å². The second kappa shape index (κ2) is 9.01. The number of nitrogens with one attached hydrogen (secondary N) is 2. The highest BCUT2D eigenvalue weighted by Gasteiger charge is 2.29. The molecule has 1 heterocycles. The minimum atomic E-state index is -0.0758. The van der Waals surface area contributed by atoms with E-state index in [-0.39, 0.29) is 29.9 Å². The van der Waals surface area contributed by atoms with Gasteiger partial charge in [0.25, 0.3) is 0 Å². The number of nitrogens with zero attached hydrogens (tertiary/aromatic N) is 1. The van der Waals surface area contributed by atoms with Crippen LogP contribution in [-0.4, -0.2) is 42.0 Å². The lowest BCUT2D eigenvalue weighted by molar-refractivity contribution is -0.126. The number of hydrogen-bond donors (Lipinski definition) is 2. The number of carbonyl (C=O) groups excluding carboxylic acids is 2. The fourth-order valence-corrected chi connectivity index (χ4v) is 2.73. The van der Waals surface area contributed by atoms with Crippen LogP contribution in [0.4, 0.5) is 4.79 Å². The summed E-state index contributed by atoms with van der Waals surface area (Å²) in [6, 6.07) is 0.271. The first-order chi connectivity index (χ1) is 10.3. The fraction of sp³-hybridized carbons (Fsp3) is 0.882. The van der Waals surface area contributed by atoms with E-state index in [1.165, 1.54) is 0 Å². The Morgan fingerprint density at radius 2 is 1.77 bits per heavy atom. The minimum Gasteiger partial charge on any atom is -0.353 e. The van der Waals surface area contributed by atoms with E-state index in [4.69, 9.17) is 0 Å². The normalized spacial score (nSPS) is 20.1. The van der Waals surface area contributed by atoms with E-state index in [0.717, 1.165) is 32.2 Å². The van der Waals surface area contributed by atoms with E-state index in [2.05, 4.69) is 31.4 Å². The van der Waals surface area contributed by atoms with E-state index in [9.17, 15) is 9.59 Å². The fourth-order valence-electron chi connectivity index (χ4n) is 2.73. The molecule has 22 heavy (non-hydrogen) atoms. The molecule has 2 N–H and O–H groups in total. The SMILES string of the molecule is CC(C)CC[C@@H](C)NC(=O)[C@@H]1CCCN(C(=O)NC(C)C)C1. The van der Waals surface area contributed by atoms with Gasteiger partial charge in [0, 0.05) is 25.2 Å². The molecule has 0 radical (unpaired) electrons.